The molecule has 1 aromatic carbocycles. The minimum Gasteiger partial charge on any atom is -0.369 e. The number of piperazine rings is 1. The summed E-state index contributed by atoms with van der Waals surface area (Å²) in [5.74, 6) is -0.216. The number of hydrogen-bond acceptors (Lipinski definition) is 6. The molecule has 0 unspecified atom stereocenters. The Kier molecular flexibility index (Phi) is 6.92. The number of nitrogens with one attached hydrogen (secondary N) is 1. The molecular weight excluding hydrogens is 462 g/mol. The first kappa shape index (κ1) is 23.5. The Balaban J connectivity index is 1.27. The fourth-order valence-corrected chi connectivity index (χ4v) is 5.39. The summed E-state index contributed by atoms with van der Waals surface area (Å²) in [5, 5.41) is 4.09. The molecule has 1 fully saturated rings. The van der Waals surface area contributed by atoms with Gasteiger partial charge < -0.3 is 10.2 Å². The molecule has 1 aliphatic rings. The topological polar surface area (TPSA) is 79.6 Å². The fraction of sp³-hybridized carbons (Fsp3) is 0.435. The van der Waals surface area contributed by atoms with E-state index in [9.17, 15) is 14.4 Å². The highest BCUT2D eigenvalue weighted by Gasteiger charge is 2.19. The number of fused-ring (bicyclic) bond motifs is 1. The van der Waals surface area contributed by atoms with Crippen molar-refractivity contribution in [1.29, 1.82) is 0 Å². The van der Waals surface area contributed by atoms with E-state index in [-0.39, 0.29) is 11.5 Å². The summed E-state index contributed by atoms with van der Waals surface area (Å²) in [6.45, 7) is 7.39. The molecule has 10 heteroatoms. The van der Waals surface area contributed by atoms with Crippen LogP contribution in [0, 0.1) is 6.92 Å². The number of thiophene rings is 1. The van der Waals surface area contributed by atoms with Crippen molar-refractivity contribution in [2.24, 2.45) is 14.1 Å². The number of carbonyl (C=O) groups is 1. The SMILES string of the molecule is Cc1ccc(Cl)cc1N1CCN(CCCNC(=O)c2cc3c(=O)n(C)c(=O)n(C)c3s2)CC1. The number of hydrogen-bond donors (Lipinski definition) is 1. The molecule has 1 aliphatic heterocycles. The van der Waals surface area contributed by atoms with Gasteiger partial charge in [0.05, 0.1) is 10.3 Å². The lowest BCUT2D eigenvalue weighted by Gasteiger charge is -2.37. The standard InChI is InChI=1S/C23H28ClN5O3S/c1-15-5-6-16(24)13-18(15)29-11-9-28(10-12-29)8-4-7-25-20(30)19-14-17-21(31)26(2)23(32)27(3)22(17)33-19/h5-6,13-14H,4,7-12H2,1-3H3,(H,25,30). The van der Waals surface area contributed by atoms with Crippen LogP contribution in [0.4, 0.5) is 5.69 Å². The zero-order valence-corrected chi connectivity index (χ0v) is 20.6. The Morgan fingerprint density at radius 1 is 1.09 bits per heavy atom. The minimum atomic E-state index is -0.396. The molecular formula is C23H28ClN5O3S. The number of amides is 1. The molecule has 8 nitrogen and oxygen atoms in total. The Morgan fingerprint density at radius 2 is 1.82 bits per heavy atom. The lowest BCUT2D eigenvalue weighted by atomic mass is 10.1. The number of aryl methyl sites for hydroxylation is 2. The second-order valence-corrected chi connectivity index (χ2v) is 9.87. The molecule has 2 aromatic heterocycles. The first-order valence-corrected chi connectivity index (χ1v) is 12.2. The second-order valence-electron chi connectivity index (χ2n) is 8.40. The van der Waals surface area contributed by atoms with Crippen molar-refractivity contribution in [1.82, 2.24) is 19.4 Å². The zero-order valence-electron chi connectivity index (χ0n) is 19.1. The Hall–Kier alpha value is -2.62. The highest BCUT2D eigenvalue weighted by atomic mass is 35.5. The maximum absolute atomic E-state index is 12.6. The van der Waals surface area contributed by atoms with Crippen LogP contribution in [0.5, 0.6) is 0 Å². The highest BCUT2D eigenvalue weighted by molar-refractivity contribution is 7.20. The molecule has 0 bridgehead atoms. The smallest absolute Gasteiger partial charge is 0.331 e. The first-order chi connectivity index (χ1) is 15.8. The molecule has 0 saturated carbocycles. The maximum atomic E-state index is 12.6. The van der Waals surface area contributed by atoms with Gasteiger partial charge in [-0.25, -0.2) is 4.79 Å². The number of nitrogens with zero attached hydrogens (tertiary/aromatic N) is 4. The van der Waals surface area contributed by atoms with Gasteiger partial charge in [-0.1, -0.05) is 17.7 Å². The van der Waals surface area contributed by atoms with Crippen molar-refractivity contribution in [3.8, 4) is 0 Å². The van der Waals surface area contributed by atoms with E-state index < -0.39 is 5.69 Å². The predicted molar refractivity (Wildman–Crippen MR) is 134 cm³/mol. The number of aromatic nitrogens is 2. The zero-order chi connectivity index (χ0) is 23.7. The quantitative estimate of drug-likeness (QED) is 0.537. The van der Waals surface area contributed by atoms with E-state index in [4.69, 9.17) is 11.6 Å². The second kappa shape index (κ2) is 9.70. The third-order valence-corrected chi connectivity index (χ3v) is 7.62. The van der Waals surface area contributed by atoms with Crippen LogP contribution in [0.1, 0.15) is 21.7 Å². The van der Waals surface area contributed by atoms with E-state index in [1.165, 1.54) is 34.2 Å². The fourth-order valence-electron chi connectivity index (χ4n) is 4.20. The normalized spacial score (nSPS) is 14.7. The molecule has 3 heterocycles. The van der Waals surface area contributed by atoms with Gasteiger partial charge >= 0.3 is 5.69 Å². The monoisotopic (exact) mass is 489 g/mol. The van der Waals surface area contributed by atoms with Crippen molar-refractivity contribution in [2.75, 3.05) is 44.2 Å². The summed E-state index contributed by atoms with van der Waals surface area (Å²) in [6.07, 6.45) is 0.840. The van der Waals surface area contributed by atoms with Gasteiger partial charge in [-0.3, -0.25) is 23.6 Å². The van der Waals surface area contributed by atoms with E-state index >= 15 is 0 Å². The molecule has 4 rings (SSSR count). The minimum absolute atomic E-state index is 0.216. The number of anilines is 1. The molecule has 0 spiro atoms. The largest absolute Gasteiger partial charge is 0.369 e. The molecule has 176 valence electrons. The lowest BCUT2D eigenvalue weighted by Crippen LogP contribution is -2.47. The Morgan fingerprint density at radius 3 is 2.55 bits per heavy atom. The molecule has 1 amide bonds. The van der Waals surface area contributed by atoms with E-state index in [0.717, 1.165) is 48.7 Å². The molecule has 0 aliphatic carbocycles. The van der Waals surface area contributed by atoms with E-state index in [0.29, 0.717) is 21.6 Å². The number of carbonyl (C=O) groups excluding carboxylic acids is 1. The average molecular weight is 490 g/mol. The van der Waals surface area contributed by atoms with Gasteiger partial charge in [0, 0.05) is 57.5 Å². The molecule has 3 aromatic rings. The summed E-state index contributed by atoms with van der Waals surface area (Å²) < 4.78 is 2.47. The van der Waals surface area contributed by atoms with E-state index in [1.54, 1.807) is 13.1 Å². The molecule has 33 heavy (non-hydrogen) atoms. The van der Waals surface area contributed by atoms with Crippen molar-refractivity contribution < 1.29 is 4.79 Å². The van der Waals surface area contributed by atoms with Crippen molar-refractivity contribution in [3.63, 3.8) is 0 Å². The van der Waals surface area contributed by atoms with Gasteiger partial charge in [-0.15, -0.1) is 11.3 Å². The van der Waals surface area contributed by atoms with Gasteiger partial charge in [-0.05, 0) is 43.7 Å². The number of benzene rings is 1. The first-order valence-electron chi connectivity index (χ1n) is 11.0. The van der Waals surface area contributed by atoms with Crippen LogP contribution in [-0.2, 0) is 14.1 Å². The summed E-state index contributed by atoms with van der Waals surface area (Å²) in [7, 11) is 3.05. The Bertz CT molecular complexity index is 1300. The summed E-state index contributed by atoms with van der Waals surface area (Å²) in [4.78, 5) is 42.7. The van der Waals surface area contributed by atoms with Crippen LogP contribution >= 0.6 is 22.9 Å². The predicted octanol–water partition coefficient (Wildman–Crippen LogP) is 2.20. The van der Waals surface area contributed by atoms with Crippen molar-refractivity contribution in [3.05, 3.63) is 60.6 Å². The molecule has 1 saturated heterocycles. The van der Waals surface area contributed by atoms with Crippen LogP contribution in [0.25, 0.3) is 10.2 Å². The third kappa shape index (κ3) is 4.85. The Labute approximate surface area is 201 Å². The average Bonchev–Trinajstić information content (AvgIpc) is 3.27. The van der Waals surface area contributed by atoms with Gasteiger partial charge in [-0.2, -0.15) is 0 Å². The molecule has 0 radical (unpaired) electrons. The van der Waals surface area contributed by atoms with E-state index in [1.807, 2.05) is 12.1 Å². The summed E-state index contributed by atoms with van der Waals surface area (Å²) in [5.41, 5.74) is 1.65. The maximum Gasteiger partial charge on any atom is 0.331 e. The molecule has 1 N–H and O–H groups in total. The van der Waals surface area contributed by atoms with Crippen molar-refractivity contribution >= 4 is 44.7 Å². The number of halogens is 1. The van der Waals surface area contributed by atoms with Gasteiger partial charge in [0.15, 0.2) is 0 Å². The van der Waals surface area contributed by atoms with Gasteiger partial charge in [0.25, 0.3) is 11.5 Å². The summed E-state index contributed by atoms with van der Waals surface area (Å²) >= 11 is 7.34. The molecule has 0 atom stereocenters. The van der Waals surface area contributed by atoms with E-state index in [2.05, 4.69) is 28.1 Å². The third-order valence-electron chi connectivity index (χ3n) is 6.17. The highest BCUT2D eigenvalue weighted by Crippen LogP contribution is 2.25. The number of rotatable bonds is 6. The van der Waals surface area contributed by atoms with Gasteiger partial charge in [0.1, 0.15) is 4.83 Å². The van der Waals surface area contributed by atoms with Crippen LogP contribution in [0.2, 0.25) is 5.02 Å². The lowest BCUT2D eigenvalue weighted by molar-refractivity contribution is 0.0955. The van der Waals surface area contributed by atoms with Crippen LogP contribution in [-0.4, -0.2) is 59.2 Å². The van der Waals surface area contributed by atoms with Crippen LogP contribution in [0.15, 0.2) is 33.9 Å². The van der Waals surface area contributed by atoms with Gasteiger partial charge in [0.2, 0.25) is 0 Å². The summed E-state index contributed by atoms with van der Waals surface area (Å²) in [6, 6.07) is 7.59. The van der Waals surface area contributed by atoms with Crippen molar-refractivity contribution in [2.45, 2.75) is 13.3 Å². The van der Waals surface area contributed by atoms with Crippen LogP contribution in [0.3, 0.4) is 0 Å². The van der Waals surface area contributed by atoms with Crippen LogP contribution < -0.4 is 21.5 Å².